The van der Waals surface area contributed by atoms with Crippen molar-refractivity contribution in [3.8, 4) is 33.8 Å². The van der Waals surface area contributed by atoms with E-state index in [-0.39, 0.29) is 0 Å². The van der Waals surface area contributed by atoms with Gasteiger partial charge >= 0.3 is 0 Å². The first-order valence-corrected chi connectivity index (χ1v) is 9.12. The van der Waals surface area contributed by atoms with Gasteiger partial charge in [-0.15, -0.1) is 0 Å². The van der Waals surface area contributed by atoms with Crippen LogP contribution >= 0.6 is 0 Å². The molecule has 0 aliphatic carbocycles. The van der Waals surface area contributed by atoms with Gasteiger partial charge in [0, 0.05) is 40.7 Å². The van der Waals surface area contributed by atoms with Crippen molar-refractivity contribution in [3.05, 3.63) is 73.7 Å². The van der Waals surface area contributed by atoms with Crippen molar-refractivity contribution in [1.82, 2.24) is 30.1 Å². The van der Waals surface area contributed by atoms with Gasteiger partial charge in [0.25, 0.3) is 0 Å². The number of aromatic amines is 2. The minimum atomic E-state index is 0.764. The topological polar surface area (TPSA) is 96.3 Å². The zero-order chi connectivity index (χ0) is 19.2. The molecule has 0 amide bonds. The second kappa shape index (κ2) is 6.13. The normalized spacial score (nSPS) is 11.4. The molecule has 2 N–H and O–H groups in total. The summed E-state index contributed by atoms with van der Waals surface area (Å²) in [5, 5.41) is 8.64. The highest BCUT2D eigenvalue weighted by Gasteiger charge is 2.16. The minimum absolute atomic E-state index is 0.764. The summed E-state index contributed by atoms with van der Waals surface area (Å²) in [6.07, 6.45) is 10.6. The molecule has 0 saturated heterocycles. The van der Waals surface area contributed by atoms with E-state index in [1.165, 1.54) is 0 Å². The Kier molecular flexibility index (Phi) is 3.33. The standard InChI is InChI=1S/C22H14N6O/c1-2-13(9-23-6-1)17-3-4-18-21(26-17)22(28-27-18)19-8-15-16(14-5-7-29-12-14)10-24-11-20(15)25-19/h1-12,25H,(H,27,28). The molecular formula is C22H14N6O. The molecule has 0 unspecified atom stereocenters. The minimum Gasteiger partial charge on any atom is -0.472 e. The Morgan fingerprint density at radius 2 is 1.90 bits per heavy atom. The number of furan rings is 1. The van der Waals surface area contributed by atoms with Crippen molar-refractivity contribution < 1.29 is 4.42 Å². The third-order valence-corrected chi connectivity index (χ3v) is 5.00. The van der Waals surface area contributed by atoms with Gasteiger partial charge in [-0.2, -0.15) is 5.10 Å². The van der Waals surface area contributed by atoms with E-state index in [0.717, 1.165) is 55.7 Å². The van der Waals surface area contributed by atoms with Crippen LogP contribution in [0.25, 0.3) is 55.7 Å². The molecule has 0 saturated carbocycles. The van der Waals surface area contributed by atoms with Gasteiger partial charge in [0.2, 0.25) is 0 Å². The largest absolute Gasteiger partial charge is 0.472 e. The molecule has 6 aromatic heterocycles. The molecule has 0 aliphatic heterocycles. The first-order valence-electron chi connectivity index (χ1n) is 9.12. The van der Waals surface area contributed by atoms with E-state index in [0.29, 0.717) is 0 Å². The number of hydrogen-bond acceptors (Lipinski definition) is 5. The summed E-state index contributed by atoms with van der Waals surface area (Å²) in [4.78, 5) is 16.8. The zero-order valence-corrected chi connectivity index (χ0v) is 15.1. The smallest absolute Gasteiger partial charge is 0.135 e. The van der Waals surface area contributed by atoms with E-state index in [9.17, 15) is 0 Å². The monoisotopic (exact) mass is 378 g/mol. The molecule has 6 aromatic rings. The molecule has 0 radical (unpaired) electrons. The van der Waals surface area contributed by atoms with Crippen LogP contribution in [0.2, 0.25) is 0 Å². The highest BCUT2D eigenvalue weighted by atomic mass is 16.3. The summed E-state index contributed by atoms with van der Waals surface area (Å²) in [5.41, 5.74) is 8.04. The number of nitrogens with one attached hydrogen (secondary N) is 2. The summed E-state index contributed by atoms with van der Waals surface area (Å²) in [6, 6.07) is 11.9. The van der Waals surface area contributed by atoms with E-state index in [1.54, 1.807) is 24.9 Å². The van der Waals surface area contributed by atoms with Crippen LogP contribution in [-0.4, -0.2) is 30.1 Å². The van der Waals surface area contributed by atoms with E-state index < -0.39 is 0 Å². The molecule has 0 atom stereocenters. The molecule has 0 aliphatic rings. The van der Waals surface area contributed by atoms with E-state index in [4.69, 9.17) is 9.40 Å². The Morgan fingerprint density at radius 1 is 0.897 bits per heavy atom. The lowest BCUT2D eigenvalue weighted by Crippen LogP contribution is -1.86. The van der Waals surface area contributed by atoms with Crippen molar-refractivity contribution in [2.45, 2.75) is 0 Å². The van der Waals surface area contributed by atoms with Gasteiger partial charge in [-0.25, -0.2) is 4.98 Å². The van der Waals surface area contributed by atoms with Gasteiger partial charge in [-0.3, -0.25) is 15.1 Å². The summed E-state index contributed by atoms with van der Waals surface area (Å²) in [6.45, 7) is 0. The predicted molar refractivity (Wildman–Crippen MR) is 110 cm³/mol. The Balaban J connectivity index is 1.53. The first kappa shape index (κ1) is 15.8. The predicted octanol–water partition coefficient (Wildman–Crippen LogP) is 4.82. The molecule has 6 heterocycles. The molecule has 7 nitrogen and oxygen atoms in total. The van der Waals surface area contributed by atoms with Crippen molar-refractivity contribution in [2.24, 2.45) is 0 Å². The molecule has 7 heteroatoms. The molecule has 6 rings (SSSR count). The van der Waals surface area contributed by atoms with Gasteiger partial charge in [-0.1, -0.05) is 0 Å². The number of pyridine rings is 3. The summed E-state index contributed by atoms with van der Waals surface area (Å²) < 4.78 is 5.24. The summed E-state index contributed by atoms with van der Waals surface area (Å²) >= 11 is 0. The van der Waals surface area contributed by atoms with Gasteiger partial charge in [0.05, 0.1) is 41.1 Å². The highest BCUT2D eigenvalue weighted by molar-refractivity contribution is 5.99. The number of H-pyrrole nitrogens is 2. The summed E-state index contributed by atoms with van der Waals surface area (Å²) in [7, 11) is 0. The van der Waals surface area contributed by atoms with Crippen LogP contribution in [0.5, 0.6) is 0 Å². The number of hydrogen-bond donors (Lipinski definition) is 2. The van der Waals surface area contributed by atoms with Crippen LogP contribution < -0.4 is 0 Å². The van der Waals surface area contributed by atoms with E-state index >= 15 is 0 Å². The van der Waals surface area contributed by atoms with E-state index in [2.05, 4.69) is 31.2 Å². The highest BCUT2D eigenvalue weighted by Crippen LogP contribution is 2.33. The van der Waals surface area contributed by atoms with Gasteiger partial charge in [0.15, 0.2) is 0 Å². The molecule has 0 fully saturated rings. The van der Waals surface area contributed by atoms with Crippen LogP contribution in [-0.2, 0) is 0 Å². The fourth-order valence-electron chi connectivity index (χ4n) is 3.59. The Hall–Kier alpha value is -4.26. The summed E-state index contributed by atoms with van der Waals surface area (Å²) in [5.74, 6) is 0. The van der Waals surface area contributed by atoms with Crippen LogP contribution in [0.1, 0.15) is 0 Å². The number of fused-ring (bicyclic) bond motifs is 2. The van der Waals surface area contributed by atoms with Gasteiger partial charge in [0.1, 0.15) is 11.2 Å². The number of aromatic nitrogens is 6. The second-order valence-corrected chi connectivity index (χ2v) is 6.75. The molecule has 0 bridgehead atoms. The van der Waals surface area contributed by atoms with Gasteiger partial charge in [-0.05, 0) is 36.4 Å². The Morgan fingerprint density at radius 3 is 2.76 bits per heavy atom. The lowest BCUT2D eigenvalue weighted by atomic mass is 10.1. The quantitative estimate of drug-likeness (QED) is 0.460. The maximum absolute atomic E-state index is 5.24. The zero-order valence-electron chi connectivity index (χ0n) is 15.1. The maximum Gasteiger partial charge on any atom is 0.135 e. The van der Waals surface area contributed by atoms with Crippen LogP contribution in [0.4, 0.5) is 0 Å². The molecule has 0 aromatic carbocycles. The molecule has 0 spiro atoms. The fraction of sp³-hybridized carbons (Fsp3) is 0. The Bertz CT molecular complexity index is 1450. The first-order chi connectivity index (χ1) is 14.4. The van der Waals surface area contributed by atoms with Crippen molar-refractivity contribution in [1.29, 1.82) is 0 Å². The number of rotatable bonds is 3. The molecule has 138 valence electrons. The molecular weight excluding hydrogens is 364 g/mol. The SMILES string of the molecule is c1cncc(-c2ccc3[nH]nc(-c4cc5c(-c6ccoc6)cncc5[nH]4)c3n2)c1. The van der Waals surface area contributed by atoms with E-state index in [1.807, 2.05) is 42.7 Å². The third kappa shape index (κ3) is 2.52. The average Bonchev–Trinajstić information content (AvgIpc) is 3.52. The molecule has 29 heavy (non-hydrogen) atoms. The van der Waals surface area contributed by atoms with Crippen LogP contribution in [0.15, 0.2) is 78.1 Å². The van der Waals surface area contributed by atoms with Crippen molar-refractivity contribution >= 4 is 21.9 Å². The maximum atomic E-state index is 5.24. The Labute approximate surface area is 164 Å². The van der Waals surface area contributed by atoms with Crippen molar-refractivity contribution in [3.63, 3.8) is 0 Å². The average molecular weight is 378 g/mol. The van der Waals surface area contributed by atoms with Crippen LogP contribution in [0.3, 0.4) is 0 Å². The lowest BCUT2D eigenvalue weighted by Gasteiger charge is -2.00. The second-order valence-electron chi connectivity index (χ2n) is 6.75. The van der Waals surface area contributed by atoms with Gasteiger partial charge < -0.3 is 9.40 Å². The number of nitrogens with zero attached hydrogens (tertiary/aromatic N) is 4. The van der Waals surface area contributed by atoms with Crippen LogP contribution in [0, 0.1) is 0 Å². The third-order valence-electron chi connectivity index (χ3n) is 5.00. The fourth-order valence-corrected chi connectivity index (χ4v) is 3.59. The lowest BCUT2D eigenvalue weighted by molar-refractivity contribution is 0.568. The van der Waals surface area contributed by atoms with Crippen molar-refractivity contribution in [2.75, 3.05) is 0 Å².